The van der Waals surface area contributed by atoms with E-state index < -0.39 is 0 Å². The lowest BCUT2D eigenvalue weighted by molar-refractivity contribution is 0.589. The minimum atomic E-state index is 0.481. The number of hydrogen-bond acceptors (Lipinski definition) is 2. The van der Waals surface area contributed by atoms with Crippen LogP contribution in [-0.4, -0.2) is 19.6 Å². The lowest BCUT2D eigenvalue weighted by atomic mass is 10.2. The Morgan fingerprint density at radius 3 is 2.56 bits per heavy atom. The second-order valence-corrected chi connectivity index (χ2v) is 4.73. The summed E-state index contributed by atoms with van der Waals surface area (Å²) in [5.41, 5.74) is 2.32. The number of benzene rings is 1. The van der Waals surface area contributed by atoms with Gasteiger partial charge < -0.3 is 10.2 Å². The van der Waals surface area contributed by atoms with Gasteiger partial charge in [-0.05, 0) is 24.6 Å². The summed E-state index contributed by atoms with van der Waals surface area (Å²) in [4.78, 5) is 2.17. The molecule has 3 heteroatoms. The smallest absolute Gasteiger partial charge is 0.0471 e. The molecule has 0 aliphatic rings. The predicted molar refractivity (Wildman–Crippen MR) is 72.4 cm³/mol. The zero-order valence-electron chi connectivity index (χ0n) is 10.5. The fourth-order valence-corrected chi connectivity index (χ4v) is 1.66. The van der Waals surface area contributed by atoms with E-state index in [2.05, 4.69) is 50.2 Å². The van der Waals surface area contributed by atoms with Crippen molar-refractivity contribution < 1.29 is 0 Å². The molecule has 0 amide bonds. The van der Waals surface area contributed by atoms with Gasteiger partial charge in [0.1, 0.15) is 0 Å². The summed E-state index contributed by atoms with van der Waals surface area (Å²) in [5.74, 6) is 0. The third kappa shape index (κ3) is 3.69. The van der Waals surface area contributed by atoms with Gasteiger partial charge in [0.2, 0.25) is 0 Å². The highest BCUT2D eigenvalue weighted by atomic mass is 35.5. The van der Waals surface area contributed by atoms with Crippen molar-refractivity contribution in [2.45, 2.75) is 33.4 Å². The standard InChI is InChI=1S/C13H21ClN2/c1-5-16(4)12-7-6-11(13(14)8-12)9-15-10(2)3/h6-8,10,15H,5,9H2,1-4H3. The van der Waals surface area contributed by atoms with E-state index in [9.17, 15) is 0 Å². The van der Waals surface area contributed by atoms with Gasteiger partial charge in [0.25, 0.3) is 0 Å². The molecule has 1 aromatic carbocycles. The van der Waals surface area contributed by atoms with Crippen LogP contribution in [0.25, 0.3) is 0 Å². The number of rotatable bonds is 5. The summed E-state index contributed by atoms with van der Waals surface area (Å²) in [7, 11) is 2.07. The molecule has 0 atom stereocenters. The van der Waals surface area contributed by atoms with Gasteiger partial charge in [-0.3, -0.25) is 0 Å². The third-order valence-electron chi connectivity index (χ3n) is 2.65. The monoisotopic (exact) mass is 240 g/mol. The van der Waals surface area contributed by atoms with Crippen LogP contribution in [0.4, 0.5) is 5.69 Å². The number of nitrogens with zero attached hydrogens (tertiary/aromatic N) is 1. The van der Waals surface area contributed by atoms with Crippen molar-refractivity contribution in [3.63, 3.8) is 0 Å². The van der Waals surface area contributed by atoms with Crippen LogP contribution in [0.2, 0.25) is 5.02 Å². The summed E-state index contributed by atoms with van der Waals surface area (Å²) in [6.07, 6.45) is 0. The quantitative estimate of drug-likeness (QED) is 0.850. The van der Waals surface area contributed by atoms with Crippen molar-refractivity contribution in [3.8, 4) is 0 Å². The topological polar surface area (TPSA) is 15.3 Å². The molecule has 0 bridgehead atoms. The van der Waals surface area contributed by atoms with E-state index in [1.54, 1.807) is 0 Å². The summed E-state index contributed by atoms with van der Waals surface area (Å²) >= 11 is 6.25. The highest BCUT2D eigenvalue weighted by Gasteiger charge is 2.04. The molecule has 0 aliphatic heterocycles. The Kier molecular flexibility index (Phi) is 5.10. The van der Waals surface area contributed by atoms with E-state index in [0.29, 0.717) is 6.04 Å². The largest absolute Gasteiger partial charge is 0.375 e. The van der Waals surface area contributed by atoms with E-state index in [0.717, 1.165) is 23.7 Å². The highest BCUT2D eigenvalue weighted by molar-refractivity contribution is 6.31. The predicted octanol–water partition coefficient (Wildman–Crippen LogP) is 3.29. The number of halogens is 1. The van der Waals surface area contributed by atoms with Crippen molar-refractivity contribution >= 4 is 17.3 Å². The number of hydrogen-bond donors (Lipinski definition) is 1. The SMILES string of the molecule is CCN(C)c1ccc(CNC(C)C)c(Cl)c1. The van der Waals surface area contributed by atoms with Gasteiger partial charge in [-0.2, -0.15) is 0 Å². The normalized spacial score (nSPS) is 10.9. The molecule has 0 spiro atoms. The summed E-state index contributed by atoms with van der Waals surface area (Å²) in [6, 6.07) is 6.72. The molecule has 0 fully saturated rings. The third-order valence-corrected chi connectivity index (χ3v) is 3.00. The first-order valence-electron chi connectivity index (χ1n) is 5.77. The summed E-state index contributed by atoms with van der Waals surface area (Å²) in [5, 5.41) is 4.21. The lowest BCUT2D eigenvalue weighted by Crippen LogP contribution is -2.22. The van der Waals surface area contributed by atoms with Gasteiger partial charge in [0.15, 0.2) is 0 Å². The van der Waals surface area contributed by atoms with Crippen LogP contribution in [0.1, 0.15) is 26.3 Å². The van der Waals surface area contributed by atoms with Gasteiger partial charge in [-0.15, -0.1) is 0 Å². The van der Waals surface area contributed by atoms with E-state index in [1.807, 2.05) is 6.07 Å². The first-order chi connectivity index (χ1) is 7.54. The molecule has 1 rings (SSSR count). The maximum atomic E-state index is 6.25. The molecular weight excluding hydrogens is 220 g/mol. The van der Waals surface area contributed by atoms with Gasteiger partial charge in [-0.1, -0.05) is 31.5 Å². The minimum Gasteiger partial charge on any atom is -0.375 e. The summed E-state index contributed by atoms with van der Waals surface area (Å²) in [6.45, 7) is 8.20. The second kappa shape index (κ2) is 6.12. The van der Waals surface area contributed by atoms with Crippen LogP contribution in [0, 0.1) is 0 Å². The minimum absolute atomic E-state index is 0.481. The van der Waals surface area contributed by atoms with Crippen molar-refractivity contribution in [2.75, 3.05) is 18.5 Å². The zero-order chi connectivity index (χ0) is 12.1. The van der Waals surface area contributed by atoms with Gasteiger partial charge >= 0.3 is 0 Å². The molecule has 0 radical (unpaired) electrons. The van der Waals surface area contributed by atoms with E-state index >= 15 is 0 Å². The first-order valence-corrected chi connectivity index (χ1v) is 6.15. The molecular formula is C13H21ClN2. The van der Waals surface area contributed by atoms with Crippen LogP contribution >= 0.6 is 11.6 Å². The molecule has 2 nitrogen and oxygen atoms in total. The lowest BCUT2D eigenvalue weighted by Gasteiger charge is -2.18. The van der Waals surface area contributed by atoms with Crippen LogP contribution < -0.4 is 10.2 Å². The molecule has 0 saturated carbocycles. The van der Waals surface area contributed by atoms with Crippen LogP contribution in [0.15, 0.2) is 18.2 Å². The molecule has 0 saturated heterocycles. The molecule has 16 heavy (non-hydrogen) atoms. The second-order valence-electron chi connectivity index (χ2n) is 4.33. The Hall–Kier alpha value is -0.730. The number of nitrogens with one attached hydrogen (secondary N) is 1. The van der Waals surface area contributed by atoms with Gasteiger partial charge in [-0.25, -0.2) is 0 Å². The Morgan fingerprint density at radius 2 is 2.06 bits per heavy atom. The van der Waals surface area contributed by atoms with Crippen molar-refractivity contribution in [2.24, 2.45) is 0 Å². The van der Waals surface area contributed by atoms with Crippen LogP contribution in [0.5, 0.6) is 0 Å². The van der Waals surface area contributed by atoms with Crippen molar-refractivity contribution in [1.82, 2.24) is 5.32 Å². The van der Waals surface area contributed by atoms with Crippen LogP contribution in [0.3, 0.4) is 0 Å². The Bertz CT molecular complexity index is 337. The Labute approximate surface area is 104 Å². The first kappa shape index (κ1) is 13.3. The molecule has 90 valence electrons. The van der Waals surface area contributed by atoms with Gasteiger partial charge in [0, 0.05) is 36.9 Å². The van der Waals surface area contributed by atoms with Gasteiger partial charge in [0.05, 0.1) is 0 Å². The average Bonchev–Trinajstić information content (AvgIpc) is 2.26. The molecule has 0 heterocycles. The van der Waals surface area contributed by atoms with E-state index in [4.69, 9.17) is 11.6 Å². The molecule has 0 aliphatic carbocycles. The van der Waals surface area contributed by atoms with Crippen molar-refractivity contribution in [3.05, 3.63) is 28.8 Å². The molecule has 1 N–H and O–H groups in total. The van der Waals surface area contributed by atoms with E-state index in [1.165, 1.54) is 5.69 Å². The van der Waals surface area contributed by atoms with Crippen LogP contribution in [-0.2, 0) is 6.54 Å². The zero-order valence-corrected chi connectivity index (χ0v) is 11.3. The molecule has 0 unspecified atom stereocenters. The summed E-state index contributed by atoms with van der Waals surface area (Å²) < 4.78 is 0. The maximum absolute atomic E-state index is 6.25. The number of anilines is 1. The van der Waals surface area contributed by atoms with Crippen molar-refractivity contribution in [1.29, 1.82) is 0 Å². The maximum Gasteiger partial charge on any atom is 0.0471 e. The fraction of sp³-hybridized carbons (Fsp3) is 0.538. The van der Waals surface area contributed by atoms with E-state index in [-0.39, 0.29) is 0 Å². The fourth-order valence-electron chi connectivity index (χ4n) is 1.41. The Morgan fingerprint density at radius 1 is 1.38 bits per heavy atom. The Balaban J connectivity index is 2.75. The molecule has 0 aromatic heterocycles. The molecule has 1 aromatic rings. The highest BCUT2D eigenvalue weighted by Crippen LogP contribution is 2.23. The average molecular weight is 241 g/mol.